The van der Waals surface area contributed by atoms with Gasteiger partial charge in [0.25, 0.3) is 0 Å². The normalized spacial score (nSPS) is 20.8. The lowest BCUT2D eigenvalue weighted by molar-refractivity contribution is -0.122. The quantitative estimate of drug-likeness (QED) is 0.898. The first-order chi connectivity index (χ1) is 9.27. The number of hydrogen-bond acceptors (Lipinski definition) is 2. The zero-order valence-corrected chi connectivity index (χ0v) is 13.4. The second-order valence-electron chi connectivity index (χ2n) is 7.33. The Bertz CT molecular complexity index is 485. The Morgan fingerprint density at radius 1 is 1.50 bits per heavy atom. The second-order valence-corrected chi connectivity index (χ2v) is 7.33. The van der Waals surface area contributed by atoms with E-state index >= 15 is 0 Å². The predicted molar refractivity (Wildman–Crippen MR) is 80.5 cm³/mol. The van der Waals surface area contributed by atoms with Crippen LogP contribution < -0.4 is 5.32 Å². The lowest BCUT2D eigenvalue weighted by Crippen LogP contribution is -2.36. The summed E-state index contributed by atoms with van der Waals surface area (Å²) < 4.78 is 5.80. The molecule has 1 aliphatic carbocycles. The molecule has 1 aliphatic rings. The van der Waals surface area contributed by atoms with Crippen LogP contribution in [0.1, 0.15) is 70.1 Å². The molecule has 0 unspecified atom stereocenters. The highest BCUT2D eigenvalue weighted by Gasteiger charge is 2.35. The fraction of sp³-hybridized carbons (Fsp3) is 0.706. The molecular formula is C17H27NO2. The molecule has 1 N–H and O–H groups in total. The summed E-state index contributed by atoms with van der Waals surface area (Å²) in [7, 11) is 0. The highest BCUT2D eigenvalue weighted by molar-refractivity contribution is 5.76. The van der Waals surface area contributed by atoms with Crippen molar-refractivity contribution in [1.29, 1.82) is 0 Å². The van der Waals surface area contributed by atoms with Crippen molar-refractivity contribution >= 4 is 5.91 Å². The van der Waals surface area contributed by atoms with Crippen molar-refractivity contribution in [2.75, 3.05) is 0 Å². The fourth-order valence-corrected chi connectivity index (χ4v) is 3.00. The number of nitrogens with one attached hydrogen (secondary N) is 1. The number of carbonyl (C=O) groups excluding carboxylic acids is 1. The third-order valence-corrected chi connectivity index (χ3v) is 4.02. The van der Waals surface area contributed by atoms with Crippen LogP contribution in [0.15, 0.2) is 10.5 Å². The first-order valence-corrected chi connectivity index (χ1v) is 7.65. The first-order valence-electron chi connectivity index (χ1n) is 7.65. The number of furan rings is 1. The molecule has 1 atom stereocenters. The number of hydrogen-bond donors (Lipinski definition) is 1. The second kappa shape index (κ2) is 5.63. The minimum absolute atomic E-state index is 0.103. The van der Waals surface area contributed by atoms with Gasteiger partial charge < -0.3 is 9.73 Å². The number of rotatable bonds is 4. The molecule has 20 heavy (non-hydrogen) atoms. The molecule has 0 fully saturated rings. The molecule has 1 heterocycles. The Labute approximate surface area is 122 Å². The van der Waals surface area contributed by atoms with E-state index in [1.165, 1.54) is 5.56 Å². The van der Waals surface area contributed by atoms with E-state index in [2.05, 4.69) is 39.1 Å². The van der Waals surface area contributed by atoms with Gasteiger partial charge in [0.15, 0.2) is 0 Å². The lowest BCUT2D eigenvalue weighted by Gasteiger charge is -2.34. The number of amides is 1. The van der Waals surface area contributed by atoms with Gasteiger partial charge in [-0.3, -0.25) is 4.79 Å². The molecule has 1 aromatic heterocycles. The van der Waals surface area contributed by atoms with Gasteiger partial charge in [-0.15, -0.1) is 0 Å². The zero-order chi connectivity index (χ0) is 14.9. The van der Waals surface area contributed by atoms with Gasteiger partial charge in [0.05, 0.1) is 6.04 Å². The summed E-state index contributed by atoms with van der Waals surface area (Å²) in [6, 6.07) is 2.18. The number of aryl methyl sites for hydroxylation is 1. The number of fused-ring (bicyclic) bond motifs is 1. The molecule has 3 heteroatoms. The molecule has 0 saturated carbocycles. The minimum Gasteiger partial charge on any atom is -0.466 e. The topological polar surface area (TPSA) is 42.2 Å². The van der Waals surface area contributed by atoms with E-state index in [1.54, 1.807) is 0 Å². The van der Waals surface area contributed by atoms with Gasteiger partial charge in [0.1, 0.15) is 11.5 Å². The van der Waals surface area contributed by atoms with Gasteiger partial charge in [-0.1, -0.05) is 27.7 Å². The molecule has 0 aromatic carbocycles. The molecule has 0 spiro atoms. The van der Waals surface area contributed by atoms with Crippen LogP contribution >= 0.6 is 0 Å². The average Bonchev–Trinajstić information content (AvgIpc) is 2.65. The smallest absolute Gasteiger partial charge is 0.220 e. The highest BCUT2D eigenvalue weighted by atomic mass is 16.3. The maximum absolute atomic E-state index is 12.1. The summed E-state index contributed by atoms with van der Waals surface area (Å²) >= 11 is 0. The van der Waals surface area contributed by atoms with Crippen molar-refractivity contribution in [1.82, 2.24) is 5.32 Å². The van der Waals surface area contributed by atoms with Crippen molar-refractivity contribution in [3.05, 3.63) is 23.2 Å². The zero-order valence-electron chi connectivity index (χ0n) is 13.4. The van der Waals surface area contributed by atoms with Crippen molar-refractivity contribution < 1.29 is 9.21 Å². The van der Waals surface area contributed by atoms with Crippen molar-refractivity contribution in [3.8, 4) is 0 Å². The van der Waals surface area contributed by atoms with E-state index in [9.17, 15) is 4.79 Å². The monoisotopic (exact) mass is 277 g/mol. The summed E-state index contributed by atoms with van der Waals surface area (Å²) in [6.07, 6.45) is 3.49. The molecule has 1 aromatic rings. The maximum atomic E-state index is 12.1. The summed E-state index contributed by atoms with van der Waals surface area (Å²) in [4.78, 5) is 12.1. The first kappa shape index (κ1) is 15.1. The van der Waals surface area contributed by atoms with Crippen molar-refractivity contribution in [2.45, 2.75) is 66.3 Å². The Hall–Kier alpha value is -1.25. The molecular weight excluding hydrogens is 250 g/mol. The average molecular weight is 277 g/mol. The molecule has 0 aliphatic heterocycles. The molecule has 3 nitrogen and oxygen atoms in total. The van der Waals surface area contributed by atoms with Crippen LogP contribution in [0.5, 0.6) is 0 Å². The summed E-state index contributed by atoms with van der Waals surface area (Å²) in [6.45, 7) is 10.7. The van der Waals surface area contributed by atoms with Gasteiger partial charge in [-0.2, -0.15) is 0 Å². The van der Waals surface area contributed by atoms with E-state index in [0.717, 1.165) is 30.8 Å². The van der Waals surface area contributed by atoms with Crippen LogP contribution in [0.25, 0.3) is 0 Å². The minimum atomic E-state index is 0.103. The van der Waals surface area contributed by atoms with Crippen LogP contribution in [0.3, 0.4) is 0 Å². The van der Waals surface area contributed by atoms with Gasteiger partial charge in [-0.05, 0) is 37.2 Å². The molecule has 0 radical (unpaired) electrons. The Kier molecular flexibility index (Phi) is 4.26. The van der Waals surface area contributed by atoms with Gasteiger partial charge >= 0.3 is 0 Å². The van der Waals surface area contributed by atoms with E-state index in [0.29, 0.717) is 12.3 Å². The Balaban J connectivity index is 2.09. The van der Waals surface area contributed by atoms with Gasteiger partial charge in [-0.25, -0.2) is 0 Å². The number of carbonyl (C=O) groups is 1. The maximum Gasteiger partial charge on any atom is 0.220 e. The predicted octanol–water partition coefficient (Wildman–Crippen LogP) is 4.15. The van der Waals surface area contributed by atoms with Crippen LogP contribution in [0.4, 0.5) is 0 Å². The van der Waals surface area contributed by atoms with Crippen molar-refractivity contribution in [2.24, 2.45) is 11.3 Å². The Morgan fingerprint density at radius 3 is 2.85 bits per heavy atom. The van der Waals surface area contributed by atoms with Gasteiger partial charge in [0, 0.05) is 18.4 Å². The molecule has 1 amide bonds. The van der Waals surface area contributed by atoms with E-state index in [1.807, 2.05) is 6.92 Å². The Morgan fingerprint density at radius 2 is 2.20 bits per heavy atom. The van der Waals surface area contributed by atoms with Crippen LogP contribution in [-0.2, 0) is 11.2 Å². The third-order valence-electron chi connectivity index (χ3n) is 4.02. The lowest BCUT2D eigenvalue weighted by atomic mass is 9.74. The van der Waals surface area contributed by atoms with E-state index < -0.39 is 0 Å². The molecule has 0 saturated heterocycles. The highest BCUT2D eigenvalue weighted by Crippen LogP contribution is 2.42. The van der Waals surface area contributed by atoms with Crippen LogP contribution in [-0.4, -0.2) is 5.91 Å². The standard InChI is InChI=1S/C17H27NO2/c1-11(2)6-7-16(19)18-14-9-17(4,5)10-15-13(14)8-12(3)20-15/h8,11,14H,6-7,9-10H2,1-5H3,(H,18,19)/t14-/m1/s1. The molecule has 0 bridgehead atoms. The fourth-order valence-electron chi connectivity index (χ4n) is 3.00. The third kappa shape index (κ3) is 3.65. The van der Waals surface area contributed by atoms with Crippen LogP contribution in [0.2, 0.25) is 0 Å². The SMILES string of the molecule is Cc1cc2c(o1)CC(C)(C)C[C@H]2NC(=O)CCC(C)C. The van der Waals surface area contributed by atoms with Gasteiger partial charge in [0.2, 0.25) is 5.91 Å². The molecule has 2 rings (SSSR count). The largest absolute Gasteiger partial charge is 0.466 e. The van der Waals surface area contributed by atoms with Crippen molar-refractivity contribution in [3.63, 3.8) is 0 Å². The summed E-state index contributed by atoms with van der Waals surface area (Å²) in [5.74, 6) is 2.71. The molecule has 112 valence electrons. The van der Waals surface area contributed by atoms with E-state index in [4.69, 9.17) is 4.42 Å². The van der Waals surface area contributed by atoms with E-state index in [-0.39, 0.29) is 17.4 Å². The van der Waals surface area contributed by atoms with Crippen LogP contribution in [0, 0.1) is 18.3 Å². The summed E-state index contributed by atoms with van der Waals surface area (Å²) in [5.41, 5.74) is 1.35. The summed E-state index contributed by atoms with van der Waals surface area (Å²) in [5, 5.41) is 3.20.